The van der Waals surface area contributed by atoms with Crippen molar-refractivity contribution in [3.63, 3.8) is 0 Å². The average molecular weight is 268 g/mol. The highest BCUT2D eigenvalue weighted by Crippen LogP contribution is 2.32. The molecule has 0 unspecified atom stereocenters. The Morgan fingerprint density at radius 3 is 2.71 bits per heavy atom. The predicted molar refractivity (Wildman–Crippen MR) is 54.0 cm³/mol. The average Bonchev–Trinajstić information content (AvgIpc) is 2.18. The van der Waals surface area contributed by atoms with E-state index in [1.165, 1.54) is 0 Å². The van der Waals surface area contributed by atoms with Gasteiger partial charge in [-0.25, -0.2) is 9.78 Å². The van der Waals surface area contributed by atoms with E-state index < -0.39 is 17.7 Å². The lowest BCUT2D eigenvalue weighted by Crippen LogP contribution is -2.07. The highest BCUT2D eigenvalue weighted by atomic mass is 35.5. The Labute approximate surface area is 97.9 Å². The number of pyridine rings is 1. The van der Waals surface area contributed by atoms with Gasteiger partial charge in [0.2, 0.25) is 0 Å². The fraction of sp³-hybridized carbons (Fsp3) is 0.125. The minimum absolute atomic E-state index is 0.169. The molecular formula is C8H5ClF3N3O2. The molecule has 1 aromatic heterocycles. The quantitative estimate of drug-likeness (QED) is 0.650. The highest BCUT2D eigenvalue weighted by molar-refractivity contribution is 6.33. The minimum atomic E-state index is -4.54. The molecule has 92 valence electrons. The zero-order valence-corrected chi connectivity index (χ0v) is 8.75. The first-order valence-electron chi connectivity index (χ1n) is 4.05. The fourth-order valence-corrected chi connectivity index (χ4v) is 1.03. The number of nitrogens with zero attached hydrogens (tertiary/aromatic N) is 2. The monoisotopic (exact) mass is 267 g/mol. The Bertz CT molecular complexity index is 462. The van der Waals surface area contributed by atoms with Crippen molar-refractivity contribution < 1.29 is 23.1 Å². The topological polar surface area (TPSA) is 74.6 Å². The molecule has 0 radical (unpaired) electrons. The minimum Gasteiger partial charge on any atom is -0.477 e. The van der Waals surface area contributed by atoms with Crippen LogP contribution in [0.3, 0.4) is 0 Å². The van der Waals surface area contributed by atoms with E-state index in [2.05, 4.69) is 15.5 Å². The van der Waals surface area contributed by atoms with E-state index in [9.17, 15) is 18.0 Å². The van der Waals surface area contributed by atoms with Crippen LogP contribution in [0.25, 0.3) is 0 Å². The second-order valence-electron chi connectivity index (χ2n) is 2.76. The van der Waals surface area contributed by atoms with Gasteiger partial charge in [-0.05, 0) is 6.07 Å². The fourth-order valence-electron chi connectivity index (χ4n) is 0.824. The number of rotatable bonds is 3. The first-order valence-corrected chi connectivity index (χ1v) is 4.43. The summed E-state index contributed by atoms with van der Waals surface area (Å²) < 4.78 is 36.7. The van der Waals surface area contributed by atoms with Gasteiger partial charge in [0.15, 0.2) is 5.82 Å². The van der Waals surface area contributed by atoms with Gasteiger partial charge in [0.25, 0.3) is 0 Å². The number of carbonyl (C=O) groups is 1. The van der Waals surface area contributed by atoms with Gasteiger partial charge in [0.05, 0.1) is 10.6 Å². The number of aromatic nitrogens is 1. The maximum atomic E-state index is 12.2. The van der Waals surface area contributed by atoms with Crippen LogP contribution >= 0.6 is 11.6 Å². The summed E-state index contributed by atoms with van der Waals surface area (Å²) in [6, 6.07) is 0.660. The molecule has 9 heteroatoms. The number of carboxylic acid groups (broad SMARTS) is 1. The van der Waals surface area contributed by atoms with Crippen LogP contribution in [0.4, 0.5) is 19.0 Å². The molecular weight excluding hydrogens is 263 g/mol. The van der Waals surface area contributed by atoms with E-state index in [-0.39, 0.29) is 10.8 Å². The molecule has 0 saturated carbocycles. The number of hydrazone groups is 1. The largest absolute Gasteiger partial charge is 0.477 e. The van der Waals surface area contributed by atoms with Gasteiger partial charge in [-0.1, -0.05) is 11.6 Å². The molecule has 2 N–H and O–H groups in total. The first-order chi connectivity index (χ1) is 7.80. The summed E-state index contributed by atoms with van der Waals surface area (Å²) in [6.45, 7) is 0. The zero-order valence-electron chi connectivity index (χ0n) is 7.99. The zero-order chi connectivity index (χ0) is 13.1. The van der Waals surface area contributed by atoms with Gasteiger partial charge in [-0.3, -0.25) is 5.43 Å². The molecule has 1 heterocycles. The summed E-state index contributed by atoms with van der Waals surface area (Å²) in [5, 5.41) is 11.1. The predicted octanol–water partition coefficient (Wildman–Crippen LogP) is 2.24. The Morgan fingerprint density at radius 1 is 1.59 bits per heavy atom. The lowest BCUT2D eigenvalue weighted by molar-refractivity contribution is -0.137. The molecule has 0 saturated heterocycles. The summed E-state index contributed by atoms with van der Waals surface area (Å²) in [5.41, 5.74) is 1.10. The van der Waals surface area contributed by atoms with Crippen molar-refractivity contribution in [2.75, 3.05) is 5.43 Å². The number of alkyl halides is 3. The van der Waals surface area contributed by atoms with Crippen molar-refractivity contribution in [2.24, 2.45) is 5.10 Å². The molecule has 17 heavy (non-hydrogen) atoms. The SMILES string of the molecule is O=C(O)/C=N\Nc1ncc(C(F)(F)F)cc1Cl. The number of aliphatic carboxylic acids is 1. The van der Waals surface area contributed by atoms with Crippen molar-refractivity contribution in [1.29, 1.82) is 0 Å². The van der Waals surface area contributed by atoms with E-state index >= 15 is 0 Å². The van der Waals surface area contributed by atoms with E-state index in [0.29, 0.717) is 18.5 Å². The van der Waals surface area contributed by atoms with Gasteiger partial charge < -0.3 is 5.11 Å². The summed E-state index contributed by atoms with van der Waals surface area (Å²) in [6.07, 6.45) is -3.47. The Kier molecular flexibility index (Phi) is 3.89. The molecule has 1 aromatic rings. The molecule has 0 atom stereocenters. The van der Waals surface area contributed by atoms with Gasteiger partial charge in [0.1, 0.15) is 6.21 Å². The van der Waals surface area contributed by atoms with Gasteiger partial charge in [0, 0.05) is 6.20 Å². The normalized spacial score (nSPS) is 11.8. The standard InChI is InChI=1S/C8H5ClF3N3O2/c9-5-1-4(8(10,11)12)2-13-7(5)15-14-3-6(16)17/h1-3H,(H,13,15)(H,16,17)/b14-3-. The van der Waals surface area contributed by atoms with E-state index in [4.69, 9.17) is 16.7 Å². The van der Waals surface area contributed by atoms with Crippen LogP contribution in [0.5, 0.6) is 0 Å². The van der Waals surface area contributed by atoms with Crippen LogP contribution in [0.15, 0.2) is 17.4 Å². The molecule has 0 aliphatic carbocycles. The van der Waals surface area contributed by atoms with Crippen LogP contribution < -0.4 is 5.43 Å². The Morgan fingerprint density at radius 2 is 2.24 bits per heavy atom. The highest BCUT2D eigenvalue weighted by Gasteiger charge is 2.31. The van der Waals surface area contributed by atoms with Crippen molar-refractivity contribution in [2.45, 2.75) is 6.18 Å². The van der Waals surface area contributed by atoms with Gasteiger partial charge in [-0.2, -0.15) is 18.3 Å². The van der Waals surface area contributed by atoms with Crippen LogP contribution in [-0.4, -0.2) is 22.3 Å². The summed E-state index contributed by atoms with van der Waals surface area (Å²) in [7, 11) is 0. The van der Waals surface area contributed by atoms with E-state index in [0.717, 1.165) is 0 Å². The van der Waals surface area contributed by atoms with Crippen molar-refractivity contribution in [3.05, 3.63) is 22.8 Å². The lowest BCUT2D eigenvalue weighted by atomic mass is 10.3. The third-order valence-corrected chi connectivity index (χ3v) is 1.80. The summed E-state index contributed by atoms with van der Waals surface area (Å²) >= 11 is 5.50. The molecule has 0 fully saturated rings. The number of carboxylic acids is 1. The molecule has 0 aromatic carbocycles. The van der Waals surface area contributed by atoms with Crippen LogP contribution in [0, 0.1) is 0 Å². The van der Waals surface area contributed by atoms with Gasteiger partial charge >= 0.3 is 12.1 Å². The van der Waals surface area contributed by atoms with Crippen molar-refractivity contribution in [1.82, 2.24) is 4.98 Å². The number of hydrogen-bond acceptors (Lipinski definition) is 4. The smallest absolute Gasteiger partial charge is 0.417 e. The first kappa shape index (κ1) is 13.2. The maximum absolute atomic E-state index is 12.2. The third kappa shape index (κ3) is 3.91. The molecule has 0 aliphatic heterocycles. The van der Waals surface area contributed by atoms with Crippen LogP contribution in [0.1, 0.15) is 5.56 Å². The second kappa shape index (κ2) is 5.00. The van der Waals surface area contributed by atoms with Crippen molar-refractivity contribution >= 4 is 29.6 Å². The Hall–Kier alpha value is -1.83. The van der Waals surface area contributed by atoms with Crippen LogP contribution in [-0.2, 0) is 11.0 Å². The molecule has 0 bridgehead atoms. The molecule has 0 spiro atoms. The molecule has 0 amide bonds. The third-order valence-electron chi connectivity index (χ3n) is 1.51. The second-order valence-corrected chi connectivity index (χ2v) is 3.17. The lowest BCUT2D eigenvalue weighted by Gasteiger charge is -2.08. The van der Waals surface area contributed by atoms with Gasteiger partial charge in [-0.15, -0.1) is 0 Å². The molecule has 0 aliphatic rings. The van der Waals surface area contributed by atoms with Crippen LogP contribution in [0.2, 0.25) is 5.02 Å². The Balaban J connectivity index is 2.87. The summed E-state index contributed by atoms with van der Waals surface area (Å²) in [4.78, 5) is 13.4. The molecule has 1 rings (SSSR count). The molecule has 5 nitrogen and oxygen atoms in total. The number of halogens is 4. The van der Waals surface area contributed by atoms with E-state index in [1.807, 2.05) is 0 Å². The van der Waals surface area contributed by atoms with E-state index in [1.54, 1.807) is 0 Å². The number of hydrogen-bond donors (Lipinski definition) is 2. The summed E-state index contributed by atoms with van der Waals surface area (Å²) in [5.74, 6) is -1.49. The maximum Gasteiger partial charge on any atom is 0.417 e. The van der Waals surface area contributed by atoms with Crippen molar-refractivity contribution in [3.8, 4) is 0 Å². The number of anilines is 1. The number of nitrogens with one attached hydrogen (secondary N) is 1.